The van der Waals surface area contributed by atoms with Gasteiger partial charge >= 0.3 is 0 Å². The molecule has 2 unspecified atom stereocenters. The molecular formula is C25H43N3O. The molecular weight excluding hydrogens is 358 g/mol. The SMILES string of the molecule is CC12CC3CC(C)(C1)CC(C(=O)N1CCCN(CCCN4CCCC4)CC1)(C3)C2. The van der Waals surface area contributed by atoms with Crippen molar-refractivity contribution in [1.82, 2.24) is 14.7 Å². The molecule has 6 aliphatic rings. The number of hydrogen-bond donors (Lipinski definition) is 0. The van der Waals surface area contributed by atoms with Crippen molar-refractivity contribution in [2.45, 2.75) is 78.1 Å². The normalized spacial score (nSPS) is 43.1. The van der Waals surface area contributed by atoms with E-state index in [9.17, 15) is 4.79 Å². The highest BCUT2D eigenvalue weighted by Crippen LogP contribution is 2.69. The van der Waals surface area contributed by atoms with Gasteiger partial charge in [0.1, 0.15) is 0 Å². The van der Waals surface area contributed by atoms with Gasteiger partial charge < -0.3 is 14.7 Å². The summed E-state index contributed by atoms with van der Waals surface area (Å²) in [5.41, 5.74) is 0.836. The quantitative estimate of drug-likeness (QED) is 0.697. The van der Waals surface area contributed by atoms with Crippen LogP contribution in [0.4, 0.5) is 0 Å². The summed E-state index contributed by atoms with van der Waals surface area (Å²) >= 11 is 0. The number of carbonyl (C=O) groups excluding carboxylic acids is 1. The van der Waals surface area contributed by atoms with Gasteiger partial charge in [-0.05, 0) is 114 Å². The minimum Gasteiger partial charge on any atom is -0.341 e. The number of rotatable bonds is 5. The van der Waals surface area contributed by atoms with Gasteiger partial charge in [0, 0.05) is 19.6 Å². The molecule has 1 amide bonds. The Morgan fingerprint density at radius 3 is 2.03 bits per heavy atom. The van der Waals surface area contributed by atoms with Gasteiger partial charge in [0.15, 0.2) is 0 Å². The van der Waals surface area contributed by atoms with E-state index in [0.717, 1.165) is 32.0 Å². The number of hydrogen-bond acceptors (Lipinski definition) is 3. The highest BCUT2D eigenvalue weighted by atomic mass is 16.2. The van der Waals surface area contributed by atoms with Crippen LogP contribution in [-0.4, -0.2) is 73.0 Å². The fourth-order valence-electron chi connectivity index (χ4n) is 8.94. The van der Waals surface area contributed by atoms with E-state index < -0.39 is 0 Å². The lowest BCUT2D eigenvalue weighted by atomic mass is 9.40. The third kappa shape index (κ3) is 4.01. The third-order valence-electron chi connectivity index (χ3n) is 9.10. The van der Waals surface area contributed by atoms with Crippen molar-refractivity contribution in [3.05, 3.63) is 0 Å². The third-order valence-corrected chi connectivity index (χ3v) is 9.10. The number of amides is 1. The predicted octanol–water partition coefficient (Wildman–Crippen LogP) is 4.00. The molecule has 4 nitrogen and oxygen atoms in total. The van der Waals surface area contributed by atoms with Crippen LogP contribution in [0.3, 0.4) is 0 Å². The van der Waals surface area contributed by atoms with Crippen LogP contribution < -0.4 is 0 Å². The van der Waals surface area contributed by atoms with Gasteiger partial charge in [0.25, 0.3) is 0 Å². The molecule has 4 bridgehead atoms. The summed E-state index contributed by atoms with van der Waals surface area (Å²) in [7, 11) is 0. The van der Waals surface area contributed by atoms with E-state index in [-0.39, 0.29) is 5.41 Å². The van der Waals surface area contributed by atoms with Crippen molar-refractivity contribution < 1.29 is 4.79 Å². The first-order chi connectivity index (χ1) is 13.9. The summed E-state index contributed by atoms with van der Waals surface area (Å²) < 4.78 is 0. The Labute approximate surface area is 178 Å². The summed E-state index contributed by atoms with van der Waals surface area (Å²) in [5.74, 6) is 1.34. The number of nitrogens with zero attached hydrogens (tertiary/aromatic N) is 3. The molecule has 0 spiro atoms. The van der Waals surface area contributed by atoms with Crippen LogP contribution in [0.15, 0.2) is 0 Å². The maximum atomic E-state index is 13.9. The van der Waals surface area contributed by atoms with Crippen molar-refractivity contribution in [1.29, 1.82) is 0 Å². The molecule has 164 valence electrons. The summed E-state index contributed by atoms with van der Waals surface area (Å²) in [6, 6.07) is 0. The zero-order chi connectivity index (χ0) is 20.1. The van der Waals surface area contributed by atoms with Gasteiger partial charge in [0.2, 0.25) is 5.91 Å². The molecule has 2 heterocycles. The fourth-order valence-corrected chi connectivity index (χ4v) is 8.94. The molecule has 0 aromatic heterocycles. The summed E-state index contributed by atoms with van der Waals surface area (Å²) in [6.07, 6.45) is 12.9. The molecule has 4 saturated carbocycles. The van der Waals surface area contributed by atoms with E-state index in [4.69, 9.17) is 0 Å². The van der Waals surface area contributed by atoms with Gasteiger partial charge in [-0.3, -0.25) is 4.79 Å². The smallest absolute Gasteiger partial charge is 0.228 e. The molecule has 2 saturated heterocycles. The molecule has 0 aromatic carbocycles. The lowest BCUT2D eigenvalue weighted by molar-refractivity contribution is -0.179. The van der Waals surface area contributed by atoms with Crippen LogP contribution in [0.2, 0.25) is 0 Å². The van der Waals surface area contributed by atoms with Crippen molar-refractivity contribution in [3.63, 3.8) is 0 Å². The van der Waals surface area contributed by atoms with Crippen LogP contribution in [-0.2, 0) is 4.79 Å². The summed E-state index contributed by atoms with van der Waals surface area (Å²) in [5, 5.41) is 0. The first kappa shape index (κ1) is 20.3. The molecule has 6 rings (SSSR count). The number of likely N-dealkylation sites (tertiary alicyclic amines) is 1. The number of carbonyl (C=O) groups is 1. The van der Waals surface area contributed by atoms with Gasteiger partial charge in [0.05, 0.1) is 5.41 Å². The van der Waals surface area contributed by atoms with Crippen LogP contribution in [0.5, 0.6) is 0 Å². The fraction of sp³-hybridized carbons (Fsp3) is 0.960. The lowest BCUT2D eigenvalue weighted by Crippen LogP contribution is -2.60. The second-order valence-electron chi connectivity index (χ2n) is 12.3. The average molecular weight is 402 g/mol. The van der Waals surface area contributed by atoms with Gasteiger partial charge in [-0.25, -0.2) is 0 Å². The highest BCUT2D eigenvalue weighted by Gasteiger charge is 2.63. The summed E-state index contributed by atoms with van der Waals surface area (Å²) in [6.45, 7) is 14.3. The highest BCUT2D eigenvalue weighted by molar-refractivity contribution is 5.83. The second-order valence-corrected chi connectivity index (χ2v) is 12.3. The Morgan fingerprint density at radius 1 is 0.759 bits per heavy atom. The van der Waals surface area contributed by atoms with E-state index in [1.807, 2.05) is 0 Å². The van der Waals surface area contributed by atoms with E-state index >= 15 is 0 Å². The van der Waals surface area contributed by atoms with Crippen molar-refractivity contribution in [3.8, 4) is 0 Å². The molecule has 29 heavy (non-hydrogen) atoms. The van der Waals surface area contributed by atoms with E-state index in [1.165, 1.54) is 90.5 Å². The molecule has 6 fully saturated rings. The van der Waals surface area contributed by atoms with E-state index in [0.29, 0.717) is 16.7 Å². The molecule has 2 aliphatic heterocycles. The topological polar surface area (TPSA) is 26.8 Å². The predicted molar refractivity (Wildman–Crippen MR) is 118 cm³/mol. The van der Waals surface area contributed by atoms with Gasteiger partial charge in [-0.2, -0.15) is 0 Å². The van der Waals surface area contributed by atoms with Crippen LogP contribution in [0.1, 0.15) is 78.1 Å². The Balaban J connectivity index is 1.18. The zero-order valence-corrected chi connectivity index (χ0v) is 19.1. The molecule has 4 heteroatoms. The van der Waals surface area contributed by atoms with Crippen molar-refractivity contribution in [2.75, 3.05) is 52.4 Å². The molecule has 4 aliphatic carbocycles. The maximum Gasteiger partial charge on any atom is 0.228 e. The lowest BCUT2D eigenvalue weighted by Gasteiger charge is -2.65. The monoisotopic (exact) mass is 401 g/mol. The first-order valence-corrected chi connectivity index (χ1v) is 12.6. The molecule has 0 N–H and O–H groups in total. The Hall–Kier alpha value is -0.610. The molecule has 2 atom stereocenters. The van der Waals surface area contributed by atoms with Crippen molar-refractivity contribution >= 4 is 5.91 Å². The Morgan fingerprint density at radius 2 is 1.38 bits per heavy atom. The van der Waals surface area contributed by atoms with E-state index in [2.05, 4.69) is 28.5 Å². The Kier molecular flexibility index (Phi) is 5.26. The molecule has 0 aromatic rings. The Bertz CT molecular complexity index is 610. The zero-order valence-electron chi connectivity index (χ0n) is 19.1. The second kappa shape index (κ2) is 7.51. The van der Waals surface area contributed by atoms with Gasteiger partial charge in [-0.1, -0.05) is 13.8 Å². The minimum absolute atomic E-state index is 0.0200. The first-order valence-electron chi connectivity index (χ1n) is 12.6. The van der Waals surface area contributed by atoms with Crippen LogP contribution >= 0.6 is 0 Å². The van der Waals surface area contributed by atoms with Crippen LogP contribution in [0.25, 0.3) is 0 Å². The average Bonchev–Trinajstić information content (AvgIpc) is 3.03. The molecule has 0 radical (unpaired) electrons. The van der Waals surface area contributed by atoms with E-state index in [1.54, 1.807) is 0 Å². The van der Waals surface area contributed by atoms with Crippen LogP contribution in [0, 0.1) is 22.2 Å². The standard InChI is InChI=1S/C25H43N3O/c1-23-15-21-16-24(2,18-23)20-25(17-21,19-23)22(29)28-12-6-11-27(13-14-28)10-5-9-26-7-3-4-8-26/h21H,3-20H2,1-2H3. The van der Waals surface area contributed by atoms with Crippen molar-refractivity contribution in [2.24, 2.45) is 22.2 Å². The largest absolute Gasteiger partial charge is 0.341 e. The van der Waals surface area contributed by atoms with Gasteiger partial charge in [-0.15, -0.1) is 0 Å². The summed E-state index contributed by atoms with van der Waals surface area (Å²) in [4.78, 5) is 21.4. The maximum absolute atomic E-state index is 13.9. The minimum atomic E-state index is -0.0200.